The van der Waals surface area contributed by atoms with E-state index in [9.17, 15) is 23.2 Å². The molecule has 0 atom stereocenters. The van der Waals surface area contributed by atoms with Gasteiger partial charge in [-0.2, -0.15) is 8.78 Å². The van der Waals surface area contributed by atoms with Gasteiger partial charge in [0.2, 0.25) is 5.91 Å². The second-order valence-corrected chi connectivity index (χ2v) is 6.66. The quantitative estimate of drug-likeness (QED) is 0.538. The van der Waals surface area contributed by atoms with E-state index in [1.165, 1.54) is 19.2 Å². The third-order valence-corrected chi connectivity index (χ3v) is 4.63. The van der Waals surface area contributed by atoms with E-state index < -0.39 is 12.2 Å². The highest BCUT2D eigenvalue weighted by molar-refractivity contribution is 5.80. The number of benzene rings is 2. The van der Waals surface area contributed by atoms with Crippen LogP contribution in [0.25, 0.3) is 10.8 Å². The van der Waals surface area contributed by atoms with Crippen molar-refractivity contribution in [1.82, 2.24) is 15.1 Å². The Hall–Kier alpha value is -3.69. The Morgan fingerprint density at radius 1 is 1.13 bits per heavy atom. The van der Waals surface area contributed by atoms with Crippen molar-refractivity contribution in [2.45, 2.75) is 26.0 Å². The first-order valence-corrected chi connectivity index (χ1v) is 9.49. The summed E-state index contributed by atoms with van der Waals surface area (Å²) in [6.07, 6.45) is 0.360. The number of halogens is 2. The summed E-state index contributed by atoms with van der Waals surface area (Å²) in [5, 5.41) is 5.74. The number of aromatic nitrogens is 2. The molecule has 8 nitrogen and oxygen atoms in total. The predicted molar refractivity (Wildman–Crippen MR) is 110 cm³/mol. The fourth-order valence-electron chi connectivity index (χ4n) is 3.12. The van der Waals surface area contributed by atoms with Gasteiger partial charge < -0.3 is 14.8 Å². The number of nitrogens with zero attached hydrogens (tertiary/aromatic N) is 1. The molecule has 0 saturated carbocycles. The second kappa shape index (κ2) is 9.88. The minimum atomic E-state index is -2.98. The smallest absolute Gasteiger partial charge is 0.387 e. The van der Waals surface area contributed by atoms with Gasteiger partial charge in [-0.05, 0) is 36.2 Å². The maximum absolute atomic E-state index is 12.5. The molecular weight excluding hydrogens is 412 g/mol. The minimum absolute atomic E-state index is 0.0135. The van der Waals surface area contributed by atoms with Crippen molar-refractivity contribution >= 4 is 16.7 Å². The van der Waals surface area contributed by atoms with E-state index in [0.717, 1.165) is 4.68 Å². The molecule has 10 heteroatoms. The number of fused-ring (bicyclic) bond motifs is 1. The van der Waals surface area contributed by atoms with Crippen LogP contribution in [0.5, 0.6) is 11.5 Å². The van der Waals surface area contributed by atoms with E-state index in [-0.39, 0.29) is 47.9 Å². The molecule has 1 heterocycles. The molecule has 3 rings (SSSR count). The molecule has 1 aromatic heterocycles. The van der Waals surface area contributed by atoms with Crippen LogP contribution in [0.3, 0.4) is 0 Å². The average Bonchev–Trinajstić information content (AvgIpc) is 2.75. The molecule has 0 aliphatic carbocycles. The number of carbonyl (C=O) groups excluding carboxylic acids is 1. The molecule has 1 amide bonds. The summed E-state index contributed by atoms with van der Waals surface area (Å²) in [7, 11) is 1.35. The van der Waals surface area contributed by atoms with Crippen molar-refractivity contribution in [2.24, 2.45) is 0 Å². The van der Waals surface area contributed by atoms with Crippen molar-refractivity contribution in [3.63, 3.8) is 0 Å². The summed E-state index contributed by atoms with van der Waals surface area (Å²) in [6.45, 7) is -2.71. The van der Waals surface area contributed by atoms with Crippen LogP contribution in [0, 0.1) is 0 Å². The summed E-state index contributed by atoms with van der Waals surface area (Å²) in [6, 6.07) is 11.1. The van der Waals surface area contributed by atoms with E-state index in [1.807, 2.05) is 0 Å². The number of alkyl halides is 2. The molecule has 31 heavy (non-hydrogen) atoms. The molecule has 0 fully saturated rings. The lowest BCUT2D eigenvalue weighted by Gasteiger charge is -2.12. The highest BCUT2D eigenvalue weighted by atomic mass is 19.3. The Morgan fingerprint density at radius 3 is 2.58 bits per heavy atom. The van der Waals surface area contributed by atoms with E-state index in [2.05, 4.69) is 15.2 Å². The van der Waals surface area contributed by atoms with Gasteiger partial charge in [0, 0.05) is 13.0 Å². The number of amides is 1. The molecule has 0 saturated heterocycles. The van der Waals surface area contributed by atoms with E-state index in [4.69, 9.17) is 4.74 Å². The zero-order valence-electron chi connectivity index (χ0n) is 16.7. The van der Waals surface area contributed by atoms with Crippen LogP contribution in [-0.4, -0.2) is 36.0 Å². The van der Waals surface area contributed by atoms with Gasteiger partial charge in [0.15, 0.2) is 11.5 Å². The predicted octanol–water partition coefficient (Wildman–Crippen LogP) is 2.05. The zero-order valence-corrected chi connectivity index (χ0v) is 16.7. The summed E-state index contributed by atoms with van der Waals surface area (Å²) >= 11 is 0. The highest BCUT2D eigenvalue weighted by Gasteiger charge is 2.12. The molecular formula is C21H21F2N3O5. The maximum Gasteiger partial charge on any atom is 0.387 e. The molecule has 0 bridgehead atoms. The third-order valence-electron chi connectivity index (χ3n) is 4.63. The Kier molecular flexibility index (Phi) is 7.01. The number of aryl methyl sites for hydroxylation is 1. The van der Waals surface area contributed by atoms with E-state index in [1.54, 1.807) is 30.3 Å². The normalized spacial score (nSPS) is 11.0. The number of rotatable bonds is 9. The van der Waals surface area contributed by atoms with Crippen LogP contribution in [0.4, 0.5) is 8.78 Å². The summed E-state index contributed by atoms with van der Waals surface area (Å²) in [4.78, 5) is 36.6. The number of ether oxygens (including phenoxy) is 2. The summed E-state index contributed by atoms with van der Waals surface area (Å²) in [5.41, 5.74) is -0.114. The summed E-state index contributed by atoms with van der Waals surface area (Å²) < 4.78 is 35.5. The lowest BCUT2D eigenvalue weighted by molar-refractivity contribution is -0.121. The number of hydrogen-bond donors (Lipinski definition) is 2. The fourth-order valence-corrected chi connectivity index (χ4v) is 3.12. The van der Waals surface area contributed by atoms with Crippen molar-refractivity contribution in [2.75, 3.05) is 13.7 Å². The van der Waals surface area contributed by atoms with Crippen molar-refractivity contribution in [3.8, 4) is 11.5 Å². The lowest BCUT2D eigenvalue weighted by atomic mass is 10.1. The zero-order chi connectivity index (χ0) is 22.4. The van der Waals surface area contributed by atoms with Gasteiger partial charge >= 0.3 is 6.61 Å². The first-order chi connectivity index (χ1) is 14.9. The lowest BCUT2D eigenvalue weighted by Crippen LogP contribution is -2.33. The van der Waals surface area contributed by atoms with Gasteiger partial charge in [-0.15, -0.1) is 0 Å². The van der Waals surface area contributed by atoms with Gasteiger partial charge in [-0.3, -0.25) is 19.5 Å². The number of hydrogen-bond acceptors (Lipinski definition) is 5. The number of methoxy groups -OCH3 is 1. The largest absolute Gasteiger partial charge is 0.493 e. The first kappa shape index (κ1) is 22.0. The molecule has 2 aromatic carbocycles. The Morgan fingerprint density at radius 2 is 1.87 bits per heavy atom. The van der Waals surface area contributed by atoms with Crippen LogP contribution < -0.4 is 25.9 Å². The molecule has 164 valence electrons. The number of H-pyrrole nitrogens is 1. The van der Waals surface area contributed by atoms with Crippen molar-refractivity contribution < 1.29 is 23.0 Å². The molecule has 3 aromatic rings. The molecule has 2 N–H and O–H groups in total. The minimum Gasteiger partial charge on any atom is -0.493 e. The van der Waals surface area contributed by atoms with Crippen molar-refractivity contribution in [1.29, 1.82) is 0 Å². The van der Waals surface area contributed by atoms with Crippen LogP contribution >= 0.6 is 0 Å². The second-order valence-electron chi connectivity index (χ2n) is 6.66. The number of carbonyl (C=O) groups is 1. The number of nitrogens with one attached hydrogen (secondary N) is 2. The van der Waals surface area contributed by atoms with Gasteiger partial charge in [-0.1, -0.05) is 18.2 Å². The summed E-state index contributed by atoms with van der Waals surface area (Å²) in [5.74, 6) is -0.220. The van der Waals surface area contributed by atoms with E-state index >= 15 is 0 Å². The third kappa shape index (κ3) is 5.47. The Labute approximate surface area is 175 Å². The molecule has 0 spiro atoms. The van der Waals surface area contributed by atoms with E-state index in [0.29, 0.717) is 17.4 Å². The first-order valence-electron chi connectivity index (χ1n) is 9.49. The molecule has 0 aliphatic rings. The molecule has 0 aliphatic heterocycles. The van der Waals surface area contributed by atoms with Gasteiger partial charge in [0.05, 0.1) is 24.4 Å². The standard InChI is InChI=1S/C21H21F2N3O5/c1-30-16-7-6-13(12-17(16)31-21(22)23)8-10-24-18(27)9-11-26-20(29)15-5-3-2-4-14(15)19(28)25-26/h2-7,12,21H,8-11H2,1H3,(H,24,27)(H,25,28). The maximum atomic E-state index is 12.5. The van der Waals surface area contributed by atoms with Gasteiger partial charge in [0.25, 0.3) is 11.1 Å². The Balaban J connectivity index is 1.56. The van der Waals surface area contributed by atoms with Crippen LogP contribution in [0.1, 0.15) is 12.0 Å². The molecule has 0 unspecified atom stereocenters. The van der Waals surface area contributed by atoms with Gasteiger partial charge in [-0.25, -0.2) is 4.68 Å². The van der Waals surface area contributed by atoms with Crippen LogP contribution in [-0.2, 0) is 17.8 Å². The number of aromatic amines is 1. The highest BCUT2D eigenvalue weighted by Crippen LogP contribution is 2.29. The topological polar surface area (TPSA) is 102 Å². The average molecular weight is 433 g/mol. The Bertz CT molecular complexity index is 1190. The van der Waals surface area contributed by atoms with Crippen LogP contribution in [0.15, 0.2) is 52.1 Å². The fraction of sp³-hybridized carbons (Fsp3) is 0.286. The van der Waals surface area contributed by atoms with Crippen LogP contribution in [0.2, 0.25) is 0 Å². The van der Waals surface area contributed by atoms with Gasteiger partial charge in [0.1, 0.15) is 0 Å². The monoisotopic (exact) mass is 433 g/mol. The SMILES string of the molecule is COc1ccc(CCNC(=O)CCn2[nH]c(=O)c3ccccc3c2=O)cc1OC(F)F. The molecule has 0 radical (unpaired) electrons. The van der Waals surface area contributed by atoms with Crippen molar-refractivity contribution in [3.05, 3.63) is 68.7 Å².